The van der Waals surface area contributed by atoms with Gasteiger partial charge in [0, 0.05) is 25.7 Å². The number of thioether (sulfide) groups is 1. The average Bonchev–Trinajstić information content (AvgIpc) is 3.22. The van der Waals surface area contributed by atoms with E-state index >= 15 is 0 Å². The summed E-state index contributed by atoms with van der Waals surface area (Å²) in [5.74, 6) is 2.15. The zero-order chi connectivity index (χ0) is 18.6. The first kappa shape index (κ1) is 18.2. The quantitative estimate of drug-likeness (QED) is 0.702. The first-order chi connectivity index (χ1) is 13.2. The number of ether oxygens (including phenoxy) is 1. The average molecular weight is 388 g/mol. The highest BCUT2D eigenvalue weighted by Gasteiger charge is 2.32. The second-order valence-corrected chi connectivity index (χ2v) is 7.93. The molecule has 27 heavy (non-hydrogen) atoms. The third-order valence-electron chi connectivity index (χ3n) is 4.93. The highest BCUT2D eigenvalue weighted by atomic mass is 32.2. The molecule has 4 rings (SSSR count). The van der Waals surface area contributed by atoms with E-state index in [-0.39, 0.29) is 5.91 Å². The molecule has 144 valence electrons. The van der Waals surface area contributed by atoms with E-state index in [0.29, 0.717) is 18.3 Å². The summed E-state index contributed by atoms with van der Waals surface area (Å²) in [4.78, 5) is 14.6. The Bertz CT molecular complexity index is 782. The van der Waals surface area contributed by atoms with Crippen molar-refractivity contribution in [1.29, 1.82) is 0 Å². The number of carbonyl (C=O) groups is 1. The molecule has 1 saturated heterocycles. The molecule has 0 spiro atoms. The van der Waals surface area contributed by atoms with Gasteiger partial charge in [-0.15, -0.1) is 10.2 Å². The van der Waals surface area contributed by atoms with E-state index in [4.69, 9.17) is 4.74 Å². The van der Waals surface area contributed by atoms with Gasteiger partial charge in [0.15, 0.2) is 5.16 Å². The van der Waals surface area contributed by atoms with Crippen LogP contribution >= 0.6 is 11.8 Å². The van der Waals surface area contributed by atoms with Crippen molar-refractivity contribution in [2.24, 2.45) is 0 Å². The first-order valence-corrected chi connectivity index (χ1v) is 10.5. The fourth-order valence-corrected chi connectivity index (χ4v) is 4.11. The van der Waals surface area contributed by atoms with Gasteiger partial charge < -0.3 is 15.0 Å². The number of nitrogens with one attached hydrogen (secondary N) is 1. The van der Waals surface area contributed by atoms with E-state index in [0.717, 1.165) is 35.5 Å². The minimum Gasteiger partial charge on any atom is -0.497 e. The molecule has 8 heteroatoms. The number of nitrogens with zero attached hydrogens (tertiary/aromatic N) is 4. The fourth-order valence-electron chi connectivity index (χ4n) is 3.28. The van der Waals surface area contributed by atoms with Crippen LogP contribution in [-0.2, 0) is 11.3 Å². The van der Waals surface area contributed by atoms with Crippen LogP contribution in [0.4, 0.5) is 5.95 Å². The predicted molar refractivity (Wildman–Crippen MR) is 105 cm³/mol. The number of hydrogen-bond acceptors (Lipinski definition) is 6. The molecule has 1 amide bonds. The van der Waals surface area contributed by atoms with Gasteiger partial charge in [-0.05, 0) is 43.4 Å². The molecule has 2 heterocycles. The van der Waals surface area contributed by atoms with Crippen LogP contribution in [0.1, 0.15) is 37.3 Å². The smallest absolute Gasteiger partial charge is 0.230 e. The molecule has 1 saturated carbocycles. The molecule has 1 aliphatic carbocycles. The molecule has 1 aromatic heterocycles. The molecule has 2 fully saturated rings. The molecule has 0 bridgehead atoms. The zero-order valence-electron chi connectivity index (χ0n) is 15.6. The second-order valence-electron chi connectivity index (χ2n) is 6.99. The van der Waals surface area contributed by atoms with Crippen LogP contribution in [0.5, 0.6) is 5.75 Å². The van der Waals surface area contributed by atoms with Crippen molar-refractivity contribution in [1.82, 2.24) is 20.1 Å². The molecule has 0 atom stereocenters. The highest BCUT2D eigenvalue weighted by Crippen LogP contribution is 2.41. The van der Waals surface area contributed by atoms with Crippen molar-refractivity contribution >= 4 is 23.6 Å². The third-order valence-corrected chi connectivity index (χ3v) is 5.87. The standard InChI is InChI=1S/C19H25N5O2S/c1-26-16-8-4-14(5-9-16)12-20-17(25)13-27-19-22-21-18(23-10-2-3-11-23)24(19)15-6-7-15/h4-5,8-9,15H,2-3,6-7,10-13H2,1H3,(H,20,25). The molecule has 1 N–H and O–H groups in total. The van der Waals surface area contributed by atoms with Crippen molar-refractivity contribution in [2.45, 2.75) is 43.4 Å². The van der Waals surface area contributed by atoms with E-state index in [1.807, 2.05) is 24.3 Å². The summed E-state index contributed by atoms with van der Waals surface area (Å²) < 4.78 is 7.39. The Labute approximate surface area is 163 Å². The number of aromatic nitrogens is 3. The Kier molecular flexibility index (Phi) is 5.52. The van der Waals surface area contributed by atoms with E-state index in [1.165, 1.54) is 37.4 Å². The normalized spacial score (nSPS) is 16.6. The van der Waals surface area contributed by atoms with E-state index in [2.05, 4.69) is 25.0 Å². The fraction of sp³-hybridized carbons (Fsp3) is 0.526. The van der Waals surface area contributed by atoms with Gasteiger partial charge in [0.05, 0.1) is 12.9 Å². The summed E-state index contributed by atoms with van der Waals surface area (Å²) in [5, 5.41) is 12.6. The van der Waals surface area contributed by atoms with E-state index in [9.17, 15) is 4.79 Å². The second kappa shape index (κ2) is 8.21. The van der Waals surface area contributed by atoms with Gasteiger partial charge in [0.2, 0.25) is 11.9 Å². The predicted octanol–water partition coefficient (Wildman–Crippen LogP) is 2.63. The maximum absolute atomic E-state index is 12.2. The van der Waals surface area contributed by atoms with Crippen LogP contribution < -0.4 is 15.0 Å². The minimum absolute atomic E-state index is 0.00360. The lowest BCUT2D eigenvalue weighted by Gasteiger charge is -2.17. The number of hydrogen-bond donors (Lipinski definition) is 1. The Morgan fingerprint density at radius 2 is 1.96 bits per heavy atom. The van der Waals surface area contributed by atoms with Gasteiger partial charge >= 0.3 is 0 Å². The number of anilines is 1. The molecule has 2 aliphatic rings. The Hall–Kier alpha value is -2.22. The lowest BCUT2D eigenvalue weighted by atomic mass is 10.2. The summed E-state index contributed by atoms with van der Waals surface area (Å²) in [5.41, 5.74) is 1.05. The summed E-state index contributed by atoms with van der Waals surface area (Å²) in [6.45, 7) is 2.62. The topological polar surface area (TPSA) is 72.3 Å². The van der Waals surface area contributed by atoms with Gasteiger partial charge in [0.1, 0.15) is 5.75 Å². The van der Waals surface area contributed by atoms with Crippen molar-refractivity contribution < 1.29 is 9.53 Å². The molecule has 2 aromatic rings. The van der Waals surface area contributed by atoms with Gasteiger partial charge in [0.25, 0.3) is 0 Å². The number of methoxy groups -OCH3 is 1. The van der Waals surface area contributed by atoms with Crippen molar-refractivity contribution in [2.75, 3.05) is 30.9 Å². The molecule has 7 nitrogen and oxygen atoms in total. The molecule has 0 unspecified atom stereocenters. The summed E-state index contributed by atoms with van der Waals surface area (Å²) in [6.07, 6.45) is 4.79. The Morgan fingerprint density at radius 3 is 2.63 bits per heavy atom. The van der Waals surface area contributed by atoms with Crippen LogP contribution in [0.2, 0.25) is 0 Å². The van der Waals surface area contributed by atoms with Gasteiger partial charge in [-0.1, -0.05) is 23.9 Å². The maximum atomic E-state index is 12.2. The lowest BCUT2D eigenvalue weighted by molar-refractivity contribution is -0.118. The largest absolute Gasteiger partial charge is 0.497 e. The highest BCUT2D eigenvalue weighted by molar-refractivity contribution is 7.99. The SMILES string of the molecule is COc1ccc(CNC(=O)CSc2nnc(N3CCCC3)n2C2CC2)cc1. The van der Waals surface area contributed by atoms with Crippen LogP contribution in [0.3, 0.4) is 0 Å². The minimum atomic E-state index is 0.00360. The Balaban J connectivity index is 1.32. The first-order valence-electron chi connectivity index (χ1n) is 9.47. The molecular formula is C19H25N5O2S. The van der Waals surface area contributed by atoms with Crippen molar-refractivity contribution in [3.63, 3.8) is 0 Å². The van der Waals surface area contributed by atoms with Gasteiger partial charge in [-0.3, -0.25) is 9.36 Å². The van der Waals surface area contributed by atoms with E-state index < -0.39 is 0 Å². The van der Waals surface area contributed by atoms with E-state index in [1.54, 1.807) is 7.11 Å². The van der Waals surface area contributed by atoms with Crippen LogP contribution in [0, 0.1) is 0 Å². The molecular weight excluding hydrogens is 362 g/mol. The van der Waals surface area contributed by atoms with Crippen molar-refractivity contribution in [3.05, 3.63) is 29.8 Å². The Morgan fingerprint density at radius 1 is 1.22 bits per heavy atom. The number of benzene rings is 1. The van der Waals surface area contributed by atoms with Crippen LogP contribution in [0.25, 0.3) is 0 Å². The molecule has 1 aliphatic heterocycles. The van der Waals surface area contributed by atoms with Gasteiger partial charge in [-0.2, -0.15) is 0 Å². The zero-order valence-corrected chi connectivity index (χ0v) is 16.4. The van der Waals surface area contributed by atoms with Crippen molar-refractivity contribution in [3.8, 4) is 5.75 Å². The number of carbonyl (C=O) groups excluding carboxylic acids is 1. The molecule has 0 radical (unpaired) electrons. The molecule has 1 aromatic carbocycles. The summed E-state index contributed by atoms with van der Waals surface area (Å²) >= 11 is 1.47. The monoisotopic (exact) mass is 387 g/mol. The van der Waals surface area contributed by atoms with Crippen LogP contribution in [0.15, 0.2) is 29.4 Å². The number of amides is 1. The van der Waals surface area contributed by atoms with Crippen LogP contribution in [-0.4, -0.2) is 46.6 Å². The van der Waals surface area contributed by atoms with Gasteiger partial charge in [-0.25, -0.2) is 0 Å². The third kappa shape index (κ3) is 4.37. The number of rotatable bonds is 8. The summed E-state index contributed by atoms with van der Waals surface area (Å²) in [6, 6.07) is 8.21. The lowest BCUT2D eigenvalue weighted by Crippen LogP contribution is -2.25. The maximum Gasteiger partial charge on any atom is 0.230 e. The summed E-state index contributed by atoms with van der Waals surface area (Å²) in [7, 11) is 1.64.